The highest BCUT2D eigenvalue weighted by Crippen LogP contribution is 2.22. The number of carbonyl (C=O) groups excluding carboxylic acids is 4. The van der Waals surface area contributed by atoms with Crippen LogP contribution in [0.2, 0.25) is 0 Å². The van der Waals surface area contributed by atoms with Crippen LogP contribution in [0.15, 0.2) is 36.5 Å². The van der Waals surface area contributed by atoms with Crippen LogP contribution < -0.4 is 21.4 Å². The molecule has 1 aromatic heterocycles. The molecule has 2 atom stereocenters. The van der Waals surface area contributed by atoms with Gasteiger partial charge in [0, 0.05) is 51.5 Å². The first-order valence-corrected chi connectivity index (χ1v) is 16.7. The van der Waals surface area contributed by atoms with Gasteiger partial charge in [0.2, 0.25) is 11.8 Å². The van der Waals surface area contributed by atoms with Crippen molar-refractivity contribution in [2.24, 2.45) is 0 Å². The number of hydrazine groups is 1. The van der Waals surface area contributed by atoms with E-state index in [0.717, 1.165) is 16.5 Å². The van der Waals surface area contributed by atoms with E-state index in [1.807, 2.05) is 51.1 Å². The number of nitrogens with zero attached hydrogens (tertiary/aromatic N) is 3. The molecule has 0 bridgehead atoms. The van der Waals surface area contributed by atoms with E-state index in [4.69, 9.17) is 14.2 Å². The van der Waals surface area contributed by atoms with Crippen LogP contribution in [0.1, 0.15) is 73.3 Å². The smallest absolute Gasteiger partial charge is 0.407 e. The van der Waals surface area contributed by atoms with Crippen LogP contribution in [0.3, 0.4) is 0 Å². The van der Waals surface area contributed by atoms with Crippen LogP contribution in [0.5, 0.6) is 0 Å². The second-order valence-electron chi connectivity index (χ2n) is 12.3. The lowest BCUT2D eigenvalue weighted by Gasteiger charge is -2.37. The molecule has 1 aromatic carbocycles. The average Bonchev–Trinajstić information content (AvgIpc) is 3.01. The lowest BCUT2D eigenvalue weighted by molar-refractivity contribution is -0.179. The molecular formula is C34H55N7O7. The fourth-order valence-corrected chi connectivity index (χ4v) is 5.01. The molecule has 48 heavy (non-hydrogen) atoms. The molecule has 14 heteroatoms. The number of alkyl carbamates (subject to hydrolysis) is 1. The highest BCUT2D eigenvalue weighted by Gasteiger charge is 2.34. The second kappa shape index (κ2) is 20.4. The summed E-state index contributed by atoms with van der Waals surface area (Å²) in [6.45, 7) is 14.3. The van der Waals surface area contributed by atoms with Gasteiger partial charge >= 0.3 is 12.1 Å². The Morgan fingerprint density at radius 1 is 0.958 bits per heavy atom. The van der Waals surface area contributed by atoms with E-state index in [1.165, 1.54) is 5.01 Å². The average molecular weight is 674 g/mol. The zero-order valence-electron chi connectivity index (χ0n) is 29.8. The molecule has 0 spiro atoms. The van der Waals surface area contributed by atoms with Crippen molar-refractivity contribution in [3.05, 3.63) is 42.1 Å². The van der Waals surface area contributed by atoms with Crippen LogP contribution in [-0.2, 0) is 30.3 Å². The number of hydrogen-bond donors (Lipinski definition) is 4. The SMILES string of the molecule is CCNC(=O)NN(C)CC(=O)N[C@@H](CCCCNC(=O)OC(C)(C)C)C(=O)N(Cc1cccc2cccnc12)[C@@H](C)C(OCC)OCC. The molecule has 0 aliphatic heterocycles. The fourth-order valence-electron chi connectivity index (χ4n) is 5.01. The molecule has 2 rings (SSSR count). The summed E-state index contributed by atoms with van der Waals surface area (Å²) < 4.78 is 17.1. The maximum atomic E-state index is 14.5. The lowest BCUT2D eigenvalue weighted by atomic mass is 10.0. The Balaban J connectivity index is 2.35. The number of hydrogen-bond acceptors (Lipinski definition) is 9. The van der Waals surface area contributed by atoms with Crippen molar-refractivity contribution in [2.75, 3.05) is 39.9 Å². The Morgan fingerprint density at radius 3 is 2.29 bits per heavy atom. The van der Waals surface area contributed by atoms with Gasteiger partial charge in [-0.3, -0.25) is 20.0 Å². The summed E-state index contributed by atoms with van der Waals surface area (Å²) in [5.74, 6) is -0.780. The Kier molecular flexibility index (Phi) is 17.1. The Labute approximate surface area is 284 Å². The molecule has 5 amide bonds. The monoisotopic (exact) mass is 673 g/mol. The number of amides is 5. The highest BCUT2D eigenvalue weighted by molar-refractivity contribution is 5.89. The Morgan fingerprint density at radius 2 is 1.65 bits per heavy atom. The number of pyridine rings is 1. The molecule has 0 saturated heterocycles. The number of benzene rings is 1. The summed E-state index contributed by atoms with van der Waals surface area (Å²) in [5.41, 5.74) is 3.55. The molecule has 0 radical (unpaired) electrons. The van der Waals surface area contributed by atoms with E-state index in [9.17, 15) is 19.2 Å². The molecule has 0 aliphatic carbocycles. The van der Waals surface area contributed by atoms with E-state index in [2.05, 4.69) is 26.4 Å². The van der Waals surface area contributed by atoms with Gasteiger partial charge in [0.25, 0.3) is 0 Å². The standard InChI is InChI=1S/C34H55N7O7/c1-9-35-32(44)39-40(8)23-28(42)38-27(19-12-13-20-37-33(45)48-34(5,6)7)30(43)41(24(4)31(46-10-2)47-11-3)22-26-17-14-16-25-18-15-21-36-29(25)26/h14-18,21,24,27,31H,9-13,19-20,22-23H2,1-8H3,(H,37,45)(H,38,42)(H2,35,39,44)/t24-,27-/m0/s1. The molecule has 1 heterocycles. The van der Waals surface area contributed by atoms with Crippen molar-refractivity contribution in [1.82, 2.24) is 36.3 Å². The molecule has 268 valence electrons. The zero-order valence-corrected chi connectivity index (χ0v) is 29.8. The van der Waals surface area contributed by atoms with Gasteiger partial charge in [-0.1, -0.05) is 24.3 Å². The summed E-state index contributed by atoms with van der Waals surface area (Å²) in [7, 11) is 1.56. The topological polar surface area (TPSA) is 163 Å². The van der Waals surface area contributed by atoms with E-state index in [1.54, 1.807) is 45.8 Å². The number of urea groups is 1. The maximum absolute atomic E-state index is 14.5. The van der Waals surface area contributed by atoms with Gasteiger partial charge in [-0.05, 0) is 79.4 Å². The van der Waals surface area contributed by atoms with Gasteiger partial charge in [0.15, 0.2) is 6.29 Å². The van der Waals surface area contributed by atoms with E-state index in [0.29, 0.717) is 45.6 Å². The van der Waals surface area contributed by atoms with Gasteiger partial charge in [0.05, 0.1) is 18.1 Å². The van der Waals surface area contributed by atoms with Crippen molar-refractivity contribution in [3.63, 3.8) is 0 Å². The molecular weight excluding hydrogens is 618 g/mol. The summed E-state index contributed by atoms with van der Waals surface area (Å²) >= 11 is 0. The first-order chi connectivity index (χ1) is 22.8. The summed E-state index contributed by atoms with van der Waals surface area (Å²) in [6, 6.07) is 7.73. The first-order valence-electron chi connectivity index (χ1n) is 16.7. The minimum absolute atomic E-state index is 0.190. The fraction of sp³-hybridized carbons (Fsp3) is 0.618. The van der Waals surface area contributed by atoms with E-state index >= 15 is 0 Å². The minimum atomic E-state index is -0.925. The molecule has 0 unspecified atom stereocenters. The van der Waals surface area contributed by atoms with E-state index in [-0.39, 0.29) is 19.0 Å². The van der Waals surface area contributed by atoms with Crippen LogP contribution >= 0.6 is 0 Å². The van der Waals surface area contributed by atoms with Crippen molar-refractivity contribution in [2.45, 2.75) is 98.2 Å². The highest BCUT2D eigenvalue weighted by atomic mass is 16.7. The van der Waals surface area contributed by atoms with Crippen molar-refractivity contribution >= 4 is 34.8 Å². The molecule has 0 aliphatic rings. The Hall–Kier alpha value is -4.01. The van der Waals surface area contributed by atoms with Crippen LogP contribution in [0.4, 0.5) is 9.59 Å². The minimum Gasteiger partial charge on any atom is -0.444 e. The van der Waals surface area contributed by atoms with Gasteiger partial charge in [0.1, 0.15) is 11.6 Å². The number of carbonyl (C=O) groups is 4. The van der Waals surface area contributed by atoms with Crippen molar-refractivity contribution in [1.29, 1.82) is 0 Å². The van der Waals surface area contributed by atoms with Gasteiger partial charge in [-0.25, -0.2) is 14.6 Å². The zero-order chi connectivity index (χ0) is 35.7. The van der Waals surface area contributed by atoms with Crippen molar-refractivity contribution in [3.8, 4) is 0 Å². The molecule has 2 aromatic rings. The molecule has 0 fully saturated rings. The number of unbranched alkanes of at least 4 members (excludes halogenated alkanes) is 1. The largest absolute Gasteiger partial charge is 0.444 e. The first kappa shape index (κ1) is 40.2. The second-order valence-corrected chi connectivity index (χ2v) is 12.3. The lowest BCUT2D eigenvalue weighted by Crippen LogP contribution is -2.56. The molecule has 0 saturated carbocycles. The number of aromatic nitrogens is 1. The molecule has 14 nitrogen and oxygen atoms in total. The number of fused-ring (bicyclic) bond motifs is 1. The number of nitrogens with one attached hydrogen (secondary N) is 4. The van der Waals surface area contributed by atoms with Gasteiger partial charge < -0.3 is 35.1 Å². The third-order valence-electron chi connectivity index (χ3n) is 7.12. The van der Waals surface area contributed by atoms with Crippen LogP contribution in [-0.4, -0.2) is 103 Å². The number of para-hydroxylation sites is 1. The van der Waals surface area contributed by atoms with E-state index < -0.39 is 42.0 Å². The van der Waals surface area contributed by atoms with Crippen LogP contribution in [0, 0.1) is 0 Å². The number of rotatable bonds is 19. The predicted octanol–water partition coefficient (Wildman–Crippen LogP) is 3.70. The number of likely N-dealkylation sites (N-methyl/N-ethyl adjacent to an activating group) is 1. The van der Waals surface area contributed by atoms with Gasteiger partial charge in [-0.15, -0.1) is 0 Å². The summed E-state index contributed by atoms with van der Waals surface area (Å²) in [6.07, 6.45) is 1.82. The third-order valence-corrected chi connectivity index (χ3v) is 7.12. The maximum Gasteiger partial charge on any atom is 0.407 e. The molecule has 4 N–H and O–H groups in total. The number of ether oxygens (including phenoxy) is 3. The van der Waals surface area contributed by atoms with Crippen molar-refractivity contribution < 1.29 is 33.4 Å². The summed E-state index contributed by atoms with van der Waals surface area (Å²) in [4.78, 5) is 58.1. The summed E-state index contributed by atoms with van der Waals surface area (Å²) in [5, 5.41) is 10.5. The van der Waals surface area contributed by atoms with Gasteiger partial charge in [-0.2, -0.15) is 0 Å². The normalized spacial score (nSPS) is 12.8. The Bertz CT molecular complexity index is 1310. The van der Waals surface area contributed by atoms with Crippen LogP contribution in [0.25, 0.3) is 10.9 Å². The third kappa shape index (κ3) is 14.0. The quantitative estimate of drug-likeness (QED) is 0.0990. The predicted molar refractivity (Wildman–Crippen MR) is 184 cm³/mol.